The van der Waals surface area contributed by atoms with Crippen LogP contribution < -0.4 is 5.32 Å². The van der Waals surface area contributed by atoms with E-state index in [2.05, 4.69) is 20.2 Å². The van der Waals surface area contributed by atoms with Crippen LogP contribution in [0.1, 0.15) is 46.0 Å². The fourth-order valence-electron chi connectivity index (χ4n) is 4.83. The van der Waals surface area contributed by atoms with Crippen molar-refractivity contribution in [3.63, 3.8) is 0 Å². The SMILES string of the molecule is CC1(C)SC2C(N=CN3CCC(CCCC4=NCCN4)CC3)C(=O)N2[C@H]1C(=O)O.Cl. The highest BCUT2D eigenvalue weighted by Crippen LogP contribution is 2.51. The van der Waals surface area contributed by atoms with Gasteiger partial charge in [-0.3, -0.25) is 14.8 Å². The van der Waals surface area contributed by atoms with Crippen molar-refractivity contribution in [3.05, 3.63) is 0 Å². The van der Waals surface area contributed by atoms with Crippen LogP contribution in [0.15, 0.2) is 9.98 Å². The Labute approximate surface area is 188 Å². The van der Waals surface area contributed by atoms with Gasteiger partial charge >= 0.3 is 5.97 Å². The summed E-state index contributed by atoms with van der Waals surface area (Å²) in [5, 5.41) is 12.7. The number of halogens is 1. The Bertz CT molecular complexity index is 723. The van der Waals surface area contributed by atoms with Gasteiger partial charge in [0.1, 0.15) is 11.4 Å². The molecule has 4 aliphatic heterocycles. The number of hydrogen-bond acceptors (Lipinski definition) is 6. The second-order valence-electron chi connectivity index (χ2n) is 8.93. The summed E-state index contributed by atoms with van der Waals surface area (Å²) >= 11 is 1.55. The molecule has 10 heteroatoms. The Balaban J connectivity index is 0.00000256. The first-order valence-corrected chi connectivity index (χ1v) is 11.5. The molecule has 0 aromatic rings. The standard InChI is InChI=1S/C20H31N5O3S.ClH/c1-20(2)16(19(27)28)25-17(26)15(18(25)29-20)23-12-24-10-6-13(7-11-24)4-3-5-14-21-8-9-22-14;/h12-13,15-16,18H,3-11H2,1-2H3,(H,21,22)(H,27,28);1H/t15?,16-,18?;/m0./s1. The number of aliphatic imine (C=N–C) groups is 2. The number of piperidine rings is 1. The van der Waals surface area contributed by atoms with Crippen LogP contribution in [0.4, 0.5) is 0 Å². The van der Waals surface area contributed by atoms with Crippen molar-refractivity contribution in [1.82, 2.24) is 15.1 Å². The minimum Gasteiger partial charge on any atom is -0.480 e. The molecule has 8 nitrogen and oxygen atoms in total. The highest BCUT2D eigenvalue weighted by molar-refractivity contribution is 8.01. The number of nitrogens with one attached hydrogen (secondary N) is 1. The number of thioether (sulfide) groups is 1. The molecule has 0 aliphatic carbocycles. The summed E-state index contributed by atoms with van der Waals surface area (Å²) < 4.78 is -0.492. The summed E-state index contributed by atoms with van der Waals surface area (Å²) in [6, 6.07) is -1.21. The van der Waals surface area contributed by atoms with Crippen LogP contribution in [0.2, 0.25) is 0 Å². The van der Waals surface area contributed by atoms with Crippen LogP contribution >= 0.6 is 24.2 Å². The molecule has 30 heavy (non-hydrogen) atoms. The smallest absolute Gasteiger partial charge is 0.327 e. The number of nitrogens with zero attached hydrogens (tertiary/aromatic N) is 4. The maximum absolute atomic E-state index is 12.5. The lowest BCUT2D eigenvalue weighted by Gasteiger charge is -2.41. The third-order valence-electron chi connectivity index (χ3n) is 6.46. The molecule has 0 aromatic heterocycles. The van der Waals surface area contributed by atoms with Crippen molar-refractivity contribution in [2.45, 2.75) is 68.2 Å². The Morgan fingerprint density at radius 1 is 1.40 bits per heavy atom. The molecule has 4 aliphatic rings. The molecule has 4 heterocycles. The number of carbonyl (C=O) groups excluding carboxylic acids is 1. The van der Waals surface area contributed by atoms with Gasteiger partial charge in [0, 0.05) is 30.8 Å². The van der Waals surface area contributed by atoms with Crippen LogP contribution in [-0.4, -0.2) is 87.3 Å². The Morgan fingerprint density at radius 3 is 2.77 bits per heavy atom. The molecule has 0 spiro atoms. The Kier molecular flexibility index (Phi) is 7.22. The van der Waals surface area contributed by atoms with E-state index >= 15 is 0 Å². The van der Waals surface area contributed by atoms with Crippen molar-refractivity contribution in [3.8, 4) is 0 Å². The molecule has 3 atom stereocenters. The monoisotopic (exact) mass is 457 g/mol. The molecule has 0 radical (unpaired) electrons. The summed E-state index contributed by atoms with van der Waals surface area (Å²) in [7, 11) is 0. The van der Waals surface area contributed by atoms with E-state index in [-0.39, 0.29) is 23.7 Å². The number of carbonyl (C=O) groups is 2. The van der Waals surface area contributed by atoms with E-state index in [1.165, 1.54) is 23.6 Å². The zero-order chi connectivity index (χ0) is 20.6. The largest absolute Gasteiger partial charge is 0.480 e. The van der Waals surface area contributed by atoms with E-state index in [9.17, 15) is 14.7 Å². The lowest BCUT2D eigenvalue weighted by Crippen LogP contribution is -2.65. The number of β-lactam (4-membered cyclic amide) rings is 1. The van der Waals surface area contributed by atoms with Crippen molar-refractivity contribution in [2.24, 2.45) is 15.9 Å². The maximum Gasteiger partial charge on any atom is 0.327 e. The van der Waals surface area contributed by atoms with Gasteiger partial charge in [-0.15, -0.1) is 24.2 Å². The molecule has 3 fully saturated rings. The van der Waals surface area contributed by atoms with Gasteiger partial charge in [0.25, 0.3) is 5.91 Å². The van der Waals surface area contributed by atoms with Crippen molar-refractivity contribution < 1.29 is 14.7 Å². The van der Waals surface area contributed by atoms with Crippen LogP contribution in [0.3, 0.4) is 0 Å². The number of aliphatic carboxylic acids is 1. The third-order valence-corrected chi connectivity index (χ3v) is 8.01. The summed E-state index contributed by atoms with van der Waals surface area (Å²) in [6.45, 7) is 7.63. The van der Waals surface area contributed by atoms with E-state index < -0.39 is 22.8 Å². The van der Waals surface area contributed by atoms with Gasteiger partial charge in [0.2, 0.25) is 0 Å². The van der Waals surface area contributed by atoms with E-state index in [4.69, 9.17) is 0 Å². The predicted molar refractivity (Wildman–Crippen MR) is 122 cm³/mol. The van der Waals surface area contributed by atoms with Gasteiger partial charge in [-0.1, -0.05) is 0 Å². The molecule has 168 valence electrons. The minimum atomic E-state index is -0.932. The lowest BCUT2D eigenvalue weighted by atomic mass is 9.91. The third kappa shape index (κ3) is 4.56. The van der Waals surface area contributed by atoms with Crippen molar-refractivity contribution >= 4 is 48.2 Å². The average molecular weight is 458 g/mol. The predicted octanol–water partition coefficient (Wildman–Crippen LogP) is 1.84. The zero-order valence-electron chi connectivity index (χ0n) is 17.6. The second kappa shape index (κ2) is 9.34. The summed E-state index contributed by atoms with van der Waals surface area (Å²) in [5.74, 6) is 0.838. The fraction of sp³-hybridized carbons (Fsp3) is 0.800. The first kappa shape index (κ1) is 23.2. The Hall–Kier alpha value is -1.48. The van der Waals surface area contributed by atoms with Gasteiger partial charge in [-0.25, -0.2) is 4.79 Å². The Morgan fingerprint density at radius 2 is 2.13 bits per heavy atom. The summed E-state index contributed by atoms with van der Waals surface area (Å²) in [5.41, 5.74) is 0. The number of carboxylic acids is 1. The van der Waals surface area contributed by atoms with Crippen LogP contribution in [-0.2, 0) is 9.59 Å². The normalized spacial score (nSPS) is 30.5. The summed E-state index contributed by atoms with van der Waals surface area (Å²) in [4.78, 5) is 36.8. The molecule has 2 unspecified atom stereocenters. The number of amidine groups is 1. The lowest BCUT2D eigenvalue weighted by molar-refractivity contribution is -0.158. The fourth-order valence-corrected chi connectivity index (χ4v) is 6.45. The van der Waals surface area contributed by atoms with E-state index in [0.717, 1.165) is 51.4 Å². The first-order chi connectivity index (χ1) is 13.9. The second-order valence-corrected chi connectivity index (χ2v) is 10.7. The number of likely N-dealkylation sites (tertiary alicyclic amines) is 1. The van der Waals surface area contributed by atoms with Crippen LogP contribution in [0.5, 0.6) is 0 Å². The van der Waals surface area contributed by atoms with Gasteiger partial charge in [-0.2, -0.15) is 0 Å². The molecule has 2 N–H and O–H groups in total. The summed E-state index contributed by atoms with van der Waals surface area (Å²) in [6.07, 6.45) is 7.64. The van der Waals surface area contributed by atoms with Crippen molar-refractivity contribution in [2.75, 3.05) is 26.2 Å². The molecule has 0 aromatic carbocycles. The number of carboxylic acid groups (broad SMARTS) is 1. The van der Waals surface area contributed by atoms with Gasteiger partial charge in [-0.05, 0) is 45.4 Å². The molecular weight excluding hydrogens is 426 g/mol. The molecule has 4 rings (SSSR count). The zero-order valence-corrected chi connectivity index (χ0v) is 19.3. The van der Waals surface area contributed by atoms with Crippen molar-refractivity contribution in [1.29, 1.82) is 0 Å². The highest BCUT2D eigenvalue weighted by atomic mass is 35.5. The van der Waals surface area contributed by atoms with Crippen LogP contribution in [0.25, 0.3) is 0 Å². The molecule has 0 saturated carbocycles. The maximum atomic E-state index is 12.5. The topological polar surface area (TPSA) is 97.6 Å². The van der Waals surface area contributed by atoms with Gasteiger partial charge in [0.05, 0.1) is 18.7 Å². The molecule has 0 bridgehead atoms. The van der Waals surface area contributed by atoms with Crippen LogP contribution in [0, 0.1) is 5.92 Å². The highest BCUT2D eigenvalue weighted by Gasteiger charge is 2.63. The number of rotatable bonds is 7. The average Bonchev–Trinajstić information content (AvgIpc) is 3.27. The van der Waals surface area contributed by atoms with Gasteiger partial charge < -0.3 is 20.2 Å². The molecular formula is C20H32ClN5O3S. The van der Waals surface area contributed by atoms with E-state index in [0.29, 0.717) is 0 Å². The number of hydrogen-bond donors (Lipinski definition) is 2. The quantitative estimate of drug-likeness (QED) is 0.344. The first-order valence-electron chi connectivity index (χ1n) is 10.6. The number of amides is 1. The van der Waals surface area contributed by atoms with E-state index in [1.54, 1.807) is 11.8 Å². The molecule has 1 amide bonds. The number of fused-ring (bicyclic) bond motifs is 1. The van der Waals surface area contributed by atoms with Gasteiger partial charge in [0.15, 0.2) is 6.04 Å². The minimum absolute atomic E-state index is 0. The molecule has 3 saturated heterocycles. The van der Waals surface area contributed by atoms with E-state index in [1.807, 2.05) is 20.2 Å².